The zero-order valence-corrected chi connectivity index (χ0v) is 14.6. The Morgan fingerprint density at radius 1 is 1.25 bits per heavy atom. The van der Waals surface area contributed by atoms with Crippen molar-refractivity contribution in [1.82, 2.24) is 25.1 Å². The van der Waals surface area contributed by atoms with Gasteiger partial charge in [0.05, 0.1) is 25.3 Å². The largest absolute Gasteiger partial charge is 0.371 e. The van der Waals surface area contributed by atoms with Gasteiger partial charge in [0.15, 0.2) is 5.82 Å². The molecule has 6 nitrogen and oxygen atoms in total. The molecule has 24 heavy (non-hydrogen) atoms. The molecular weight excluding hydrogens is 302 g/mol. The molecule has 1 aliphatic carbocycles. The minimum atomic E-state index is 0.117. The van der Waals surface area contributed by atoms with E-state index in [9.17, 15) is 0 Å². The number of nitrogens with zero attached hydrogens (tertiary/aromatic N) is 5. The summed E-state index contributed by atoms with van der Waals surface area (Å²) in [6.45, 7) is 8.91. The monoisotopic (exact) mass is 327 g/mol. The van der Waals surface area contributed by atoms with Gasteiger partial charge >= 0.3 is 0 Å². The first-order chi connectivity index (χ1) is 11.6. The Bertz CT molecular complexity index is 724. The van der Waals surface area contributed by atoms with E-state index in [0.717, 1.165) is 25.5 Å². The summed E-state index contributed by atoms with van der Waals surface area (Å²) in [6, 6.07) is 7.48. The molecule has 0 amide bonds. The minimum absolute atomic E-state index is 0.117. The summed E-state index contributed by atoms with van der Waals surface area (Å²) in [4.78, 5) is 2.44. The van der Waals surface area contributed by atoms with Gasteiger partial charge in [0.25, 0.3) is 0 Å². The van der Waals surface area contributed by atoms with Crippen LogP contribution in [0.3, 0.4) is 0 Å². The van der Waals surface area contributed by atoms with Crippen LogP contribution in [0.15, 0.2) is 18.2 Å². The van der Waals surface area contributed by atoms with Gasteiger partial charge in [-0.25, -0.2) is 4.68 Å². The number of hydrogen-bond acceptors (Lipinski definition) is 5. The molecule has 0 spiro atoms. The summed E-state index contributed by atoms with van der Waals surface area (Å²) in [5, 5.41) is 12.3. The lowest BCUT2D eigenvalue weighted by atomic mass is 9.99. The third-order valence-corrected chi connectivity index (χ3v) is 5.14. The van der Waals surface area contributed by atoms with E-state index in [0.29, 0.717) is 12.1 Å². The number of benzene rings is 1. The summed E-state index contributed by atoms with van der Waals surface area (Å²) in [5.74, 6) is 0.978. The van der Waals surface area contributed by atoms with Crippen molar-refractivity contribution in [2.24, 2.45) is 0 Å². The highest BCUT2D eigenvalue weighted by molar-refractivity contribution is 5.32. The van der Waals surface area contributed by atoms with Crippen LogP contribution in [0.25, 0.3) is 0 Å². The van der Waals surface area contributed by atoms with E-state index >= 15 is 0 Å². The van der Waals surface area contributed by atoms with Crippen LogP contribution in [-0.4, -0.2) is 44.3 Å². The Morgan fingerprint density at radius 2 is 2.08 bits per heavy atom. The molecule has 2 aliphatic rings. The third kappa shape index (κ3) is 3.08. The maximum Gasteiger partial charge on any atom is 0.165 e. The van der Waals surface area contributed by atoms with Gasteiger partial charge in [-0.1, -0.05) is 23.8 Å². The smallest absolute Gasteiger partial charge is 0.165 e. The molecule has 0 N–H and O–H groups in total. The predicted octanol–water partition coefficient (Wildman–Crippen LogP) is 2.59. The summed E-state index contributed by atoms with van der Waals surface area (Å²) >= 11 is 0. The number of ether oxygens (including phenoxy) is 1. The number of rotatable bonds is 4. The van der Waals surface area contributed by atoms with Crippen molar-refractivity contribution >= 4 is 0 Å². The highest BCUT2D eigenvalue weighted by atomic mass is 16.5. The lowest BCUT2D eigenvalue weighted by molar-refractivity contribution is -0.0647. The van der Waals surface area contributed by atoms with Crippen molar-refractivity contribution in [3.63, 3.8) is 0 Å². The molecule has 2 fully saturated rings. The molecule has 2 aromatic rings. The van der Waals surface area contributed by atoms with Gasteiger partial charge in [0.1, 0.15) is 0 Å². The van der Waals surface area contributed by atoms with Crippen LogP contribution in [0.2, 0.25) is 0 Å². The molecule has 1 saturated carbocycles. The van der Waals surface area contributed by atoms with E-state index in [4.69, 9.17) is 4.74 Å². The second-order valence-electron chi connectivity index (χ2n) is 7.23. The van der Waals surface area contributed by atoms with Gasteiger partial charge in [-0.2, -0.15) is 0 Å². The Hall–Kier alpha value is -1.79. The molecule has 1 saturated heterocycles. The third-order valence-electron chi connectivity index (χ3n) is 5.14. The van der Waals surface area contributed by atoms with E-state index in [2.05, 4.69) is 59.4 Å². The van der Waals surface area contributed by atoms with Crippen LogP contribution in [0.5, 0.6) is 0 Å². The van der Waals surface area contributed by atoms with Crippen LogP contribution in [0, 0.1) is 13.8 Å². The van der Waals surface area contributed by atoms with Crippen LogP contribution in [0.4, 0.5) is 0 Å². The van der Waals surface area contributed by atoms with Crippen molar-refractivity contribution in [2.45, 2.75) is 58.3 Å². The van der Waals surface area contributed by atoms with Crippen molar-refractivity contribution in [2.75, 3.05) is 13.2 Å². The lowest BCUT2D eigenvalue weighted by Crippen LogP contribution is -2.45. The molecule has 2 heterocycles. The summed E-state index contributed by atoms with van der Waals surface area (Å²) in [7, 11) is 0. The highest BCUT2D eigenvalue weighted by Crippen LogP contribution is 2.35. The van der Waals surface area contributed by atoms with Crippen LogP contribution < -0.4 is 0 Å². The standard InChI is InChI=1S/C18H25N5O/c1-12-4-5-13(2)16(8-12)17-9-22(14(3)11-24-17)10-18-19-20-21-23(18)15-6-7-15/h4-5,8,14-15,17H,6-7,9-11H2,1-3H3. The molecule has 1 aromatic carbocycles. The molecule has 0 radical (unpaired) electrons. The summed E-state index contributed by atoms with van der Waals surface area (Å²) < 4.78 is 8.16. The van der Waals surface area contributed by atoms with Gasteiger partial charge in [-0.3, -0.25) is 4.90 Å². The fraction of sp³-hybridized carbons (Fsp3) is 0.611. The van der Waals surface area contributed by atoms with Crippen molar-refractivity contribution in [3.05, 3.63) is 40.7 Å². The topological polar surface area (TPSA) is 56.1 Å². The van der Waals surface area contributed by atoms with E-state index < -0.39 is 0 Å². The average molecular weight is 327 g/mol. The molecule has 1 aromatic heterocycles. The molecular formula is C18H25N5O. The quantitative estimate of drug-likeness (QED) is 0.864. The fourth-order valence-electron chi connectivity index (χ4n) is 3.42. The maximum atomic E-state index is 6.15. The first kappa shape index (κ1) is 15.7. The van der Waals surface area contributed by atoms with Gasteiger partial charge < -0.3 is 4.74 Å². The van der Waals surface area contributed by atoms with Crippen molar-refractivity contribution < 1.29 is 4.74 Å². The Morgan fingerprint density at radius 3 is 2.88 bits per heavy atom. The molecule has 2 atom stereocenters. The second-order valence-corrected chi connectivity index (χ2v) is 7.23. The highest BCUT2D eigenvalue weighted by Gasteiger charge is 2.32. The van der Waals surface area contributed by atoms with Crippen LogP contribution in [-0.2, 0) is 11.3 Å². The van der Waals surface area contributed by atoms with Gasteiger partial charge in [-0.15, -0.1) is 5.10 Å². The fourth-order valence-corrected chi connectivity index (χ4v) is 3.42. The Balaban J connectivity index is 1.52. The molecule has 1 aliphatic heterocycles. The number of tetrazole rings is 1. The molecule has 0 bridgehead atoms. The average Bonchev–Trinajstić information content (AvgIpc) is 3.31. The maximum absolute atomic E-state index is 6.15. The normalized spacial score (nSPS) is 25.1. The zero-order chi connectivity index (χ0) is 16.7. The Kier molecular flexibility index (Phi) is 4.10. The summed E-state index contributed by atoms with van der Waals surface area (Å²) in [5.41, 5.74) is 3.87. The predicted molar refractivity (Wildman–Crippen MR) is 90.6 cm³/mol. The number of morpholine rings is 1. The first-order valence-electron chi connectivity index (χ1n) is 8.81. The van der Waals surface area contributed by atoms with Gasteiger partial charge in [0.2, 0.25) is 0 Å². The van der Waals surface area contributed by atoms with Crippen LogP contribution in [0.1, 0.15) is 54.4 Å². The molecule has 4 rings (SSSR count). The summed E-state index contributed by atoms with van der Waals surface area (Å²) in [6.07, 6.45) is 2.51. The first-order valence-corrected chi connectivity index (χ1v) is 8.81. The SMILES string of the molecule is Cc1ccc(C)c(C2CN(Cc3nnnn3C3CC3)C(C)CO2)c1. The zero-order valence-electron chi connectivity index (χ0n) is 14.6. The number of aromatic nitrogens is 4. The lowest BCUT2D eigenvalue weighted by Gasteiger charge is -2.38. The van der Waals surface area contributed by atoms with Crippen molar-refractivity contribution in [3.8, 4) is 0 Å². The van der Waals surface area contributed by atoms with Crippen molar-refractivity contribution in [1.29, 1.82) is 0 Å². The Labute approximate surface area is 142 Å². The van der Waals surface area contributed by atoms with Crippen LogP contribution >= 0.6 is 0 Å². The molecule has 6 heteroatoms. The minimum Gasteiger partial charge on any atom is -0.371 e. The van der Waals surface area contributed by atoms with E-state index in [1.165, 1.54) is 29.5 Å². The number of hydrogen-bond donors (Lipinski definition) is 0. The van der Waals surface area contributed by atoms with E-state index in [-0.39, 0.29) is 6.10 Å². The van der Waals surface area contributed by atoms with Gasteiger partial charge in [-0.05, 0) is 55.2 Å². The molecule has 2 unspecified atom stereocenters. The van der Waals surface area contributed by atoms with E-state index in [1.807, 2.05) is 4.68 Å². The van der Waals surface area contributed by atoms with E-state index in [1.54, 1.807) is 0 Å². The second kappa shape index (κ2) is 6.26. The molecule has 128 valence electrons. The van der Waals surface area contributed by atoms with Gasteiger partial charge in [0, 0.05) is 12.6 Å². The number of aryl methyl sites for hydroxylation is 2.